The van der Waals surface area contributed by atoms with E-state index in [0.29, 0.717) is 18.1 Å². The van der Waals surface area contributed by atoms with Crippen LogP contribution in [-0.2, 0) is 19.4 Å². The number of amides is 2. The molecule has 1 saturated heterocycles. The van der Waals surface area contributed by atoms with Gasteiger partial charge >= 0.3 is 0 Å². The number of nitrogens with zero attached hydrogens (tertiary/aromatic N) is 4. The molecule has 2 aliphatic rings. The number of aromatic nitrogens is 1. The number of rotatable bonds is 5. The lowest BCUT2D eigenvalue weighted by Gasteiger charge is -2.29. The summed E-state index contributed by atoms with van der Waals surface area (Å²) in [5.41, 5.74) is 1.11. The second-order valence-corrected chi connectivity index (χ2v) is 11.4. The van der Waals surface area contributed by atoms with E-state index in [4.69, 9.17) is 0 Å². The van der Waals surface area contributed by atoms with E-state index in [1.807, 2.05) is 38.1 Å². The molecule has 8 nitrogen and oxygen atoms in total. The zero-order valence-corrected chi connectivity index (χ0v) is 18.6. The lowest BCUT2D eigenvalue weighted by atomic mass is 10.1. The van der Waals surface area contributed by atoms with E-state index in [-0.39, 0.29) is 47.8 Å². The number of thiazole rings is 1. The summed E-state index contributed by atoms with van der Waals surface area (Å²) in [5, 5.41) is 6.17. The van der Waals surface area contributed by atoms with Gasteiger partial charge in [0.05, 0.1) is 27.8 Å². The van der Waals surface area contributed by atoms with Gasteiger partial charge < -0.3 is 0 Å². The third-order valence-corrected chi connectivity index (χ3v) is 7.98. The van der Waals surface area contributed by atoms with Crippen LogP contribution in [0.1, 0.15) is 33.1 Å². The molecule has 1 atom stereocenters. The molecular formula is C20H24N4O4S2. The predicted molar refractivity (Wildman–Crippen MR) is 117 cm³/mol. The number of hydrogen-bond acceptors (Lipinski definition) is 7. The summed E-state index contributed by atoms with van der Waals surface area (Å²) in [6.07, 6.45) is 0.746. The molecule has 0 aliphatic carbocycles. The van der Waals surface area contributed by atoms with E-state index >= 15 is 0 Å². The zero-order chi connectivity index (χ0) is 21.5. The van der Waals surface area contributed by atoms with Gasteiger partial charge in [0.1, 0.15) is 5.71 Å². The van der Waals surface area contributed by atoms with Crippen LogP contribution in [0.4, 0.5) is 5.13 Å². The molecule has 160 valence electrons. The van der Waals surface area contributed by atoms with Crippen molar-refractivity contribution < 1.29 is 18.0 Å². The Labute approximate surface area is 179 Å². The van der Waals surface area contributed by atoms with E-state index in [9.17, 15) is 18.0 Å². The smallest absolute Gasteiger partial charge is 0.276 e. The van der Waals surface area contributed by atoms with Crippen LogP contribution >= 0.6 is 11.3 Å². The Morgan fingerprint density at radius 3 is 2.73 bits per heavy atom. The molecule has 10 heteroatoms. The average Bonchev–Trinajstić information content (AvgIpc) is 3.28. The largest absolute Gasteiger partial charge is 0.283 e. The van der Waals surface area contributed by atoms with Crippen LogP contribution in [0.25, 0.3) is 10.2 Å². The van der Waals surface area contributed by atoms with Crippen molar-refractivity contribution in [2.75, 3.05) is 23.0 Å². The van der Waals surface area contributed by atoms with Crippen LogP contribution in [0.15, 0.2) is 29.4 Å². The molecule has 2 amide bonds. The first-order valence-corrected chi connectivity index (χ1v) is 12.6. The Hall–Kier alpha value is -2.33. The lowest BCUT2D eigenvalue weighted by molar-refractivity contribution is -0.133. The minimum absolute atomic E-state index is 0.0470. The SMILES string of the molecule is CC(C)CN(C(=O)C1=NN([C@@H]2CCS(=O)(=O)C2)C(=O)CC1)c1nc2ccccc2s1. The van der Waals surface area contributed by atoms with Gasteiger partial charge in [0.2, 0.25) is 5.91 Å². The van der Waals surface area contributed by atoms with Crippen molar-refractivity contribution in [3.05, 3.63) is 24.3 Å². The van der Waals surface area contributed by atoms with E-state index in [2.05, 4.69) is 10.1 Å². The number of benzene rings is 1. The van der Waals surface area contributed by atoms with Crippen LogP contribution in [-0.4, -0.2) is 60.0 Å². The highest BCUT2D eigenvalue weighted by atomic mass is 32.2. The number of sulfone groups is 1. The quantitative estimate of drug-likeness (QED) is 0.699. The van der Waals surface area contributed by atoms with Crippen LogP contribution in [0, 0.1) is 5.92 Å². The molecule has 0 bridgehead atoms. The number of para-hydroxylation sites is 1. The second kappa shape index (κ2) is 8.07. The number of carbonyl (C=O) groups excluding carboxylic acids is 2. The highest BCUT2D eigenvalue weighted by Gasteiger charge is 2.38. The summed E-state index contributed by atoms with van der Waals surface area (Å²) in [5.74, 6) is -0.351. The molecule has 30 heavy (non-hydrogen) atoms. The summed E-state index contributed by atoms with van der Waals surface area (Å²) in [7, 11) is -3.16. The first kappa shape index (κ1) is 20.9. The topological polar surface area (TPSA) is 100 Å². The minimum atomic E-state index is -3.16. The van der Waals surface area contributed by atoms with Crippen molar-refractivity contribution in [1.29, 1.82) is 0 Å². The molecular weight excluding hydrogens is 424 g/mol. The van der Waals surface area contributed by atoms with Crippen LogP contribution in [0.2, 0.25) is 0 Å². The van der Waals surface area contributed by atoms with Gasteiger partial charge in [0, 0.05) is 19.4 Å². The van der Waals surface area contributed by atoms with Crippen LogP contribution in [0.3, 0.4) is 0 Å². The van der Waals surface area contributed by atoms with Gasteiger partial charge in [-0.25, -0.2) is 18.4 Å². The van der Waals surface area contributed by atoms with Crippen LogP contribution < -0.4 is 4.90 Å². The monoisotopic (exact) mass is 448 g/mol. The van der Waals surface area contributed by atoms with Gasteiger partial charge in [-0.15, -0.1) is 0 Å². The molecule has 0 saturated carbocycles. The summed E-state index contributed by atoms with van der Waals surface area (Å²) >= 11 is 1.45. The first-order valence-electron chi connectivity index (χ1n) is 10.0. The molecule has 2 aliphatic heterocycles. The number of hydrazone groups is 1. The molecule has 2 aromatic rings. The molecule has 0 radical (unpaired) electrons. The maximum atomic E-state index is 13.4. The minimum Gasteiger partial charge on any atom is -0.283 e. The average molecular weight is 449 g/mol. The molecule has 1 fully saturated rings. The van der Waals surface area contributed by atoms with Crippen molar-refractivity contribution in [3.63, 3.8) is 0 Å². The molecule has 3 heterocycles. The molecule has 0 spiro atoms. The van der Waals surface area contributed by atoms with Crippen molar-refractivity contribution in [2.45, 2.75) is 39.2 Å². The van der Waals surface area contributed by atoms with Gasteiger partial charge in [0.15, 0.2) is 15.0 Å². The number of carbonyl (C=O) groups is 2. The van der Waals surface area contributed by atoms with E-state index < -0.39 is 15.9 Å². The molecule has 0 N–H and O–H groups in total. The zero-order valence-electron chi connectivity index (χ0n) is 16.9. The number of anilines is 1. The van der Waals surface area contributed by atoms with Crippen molar-refractivity contribution in [3.8, 4) is 0 Å². The summed E-state index contributed by atoms with van der Waals surface area (Å²) in [6.45, 7) is 4.52. The third kappa shape index (κ3) is 4.24. The summed E-state index contributed by atoms with van der Waals surface area (Å²) in [4.78, 5) is 32.0. The highest BCUT2D eigenvalue weighted by Crippen LogP contribution is 2.30. The van der Waals surface area contributed by atoms with Gasteiger partial charge in [-0.3, -0.25) is 14.5 Å². The number of fused-ring (bicyclic) bond motifs is 1. The van der Waals surface area contributed by atoms with Gasteiger partial charge in [-0.1, -0.05) is 37.3 Å². The summed E-state index contributed by atoms with van der Waals surface area (Å²) in [6, 6.07) is 7.22. The highest BCUT2D eigenvalue weighted by molar-refractivity contribution is 7.91. The maximum Gasteiger partial charge on any atom is 0.276 e. The van der Waals surface area contributed by atoms with E-state index in [0.717, 1.165) is 10.2 Å². The van der Waals surface area contributed by atoms with Crippen molar-refractivity contribution >= 4 is 54.0 Å². The fourth-order valence-corrected chi connectivity index (χ4v) is 6.39. The Balaban J connectivity index is 1.65. The Bertz CT molecular complexity index is 1090. The maximum absolute atomic E-state index is 13.4. The molecule has 4 rings (SSSR count). The lowest BCUT2D eigenvalue weighted by Crippen LogP contribution is -2.46. The fraction of sp³-hybridized carbons (Fsp3) is 0.500. The number of hydrogen-bond donors (Lipinski definition) is 0. The Morgan fingerprint density at radius 2 is 2.07 bits per heavy atom. The molecule has 0 unspecified atom stereocenters. The van der Waals surface area contributed by atoms with E-state index in [1.54, 1.807) is 4.90 Å². The van der Waals surface area contributed by atoms with Gasteiger partial charge in [-0.2, -0.15) is 5.10 Å². The fourth-order valence-electron chi connectivity index (χ4n) is 3.72. The van der Waals surface area contributed by atoms with Crippen LogP contribution in [0.5, 0.6) is 0 Å². The third-order valence-electron chi connectivity index (χ3n) is 5.17. The summed E-state index contributed by atoms with van der Waals surface area (Å²) < 4.78 is 24.7. The first-order chi connectivity index (χ1) is 14.2. The molecule has 1 aromatic heterocycles. The van der Waals surface area contributed by atoms with Gasteiger partial charge in [0.25, 0.3) is 5.91 Å². The Morgan fingerprint density at radius 1 is 1.30 bits per heavy atom. The second-order valence-electron chi connectivity index (χ2n) is 8.12. The van der Waals surface area contributed by atoms with E-state index in [1.165, 1.54) is 16.3 Å². The van der Waals surface area contributed by atoms with Crippen molar-refractivity contribution in [1.82, 2.24) is 9.99 Å². The molecule has 1 aromatic carbocycles. The Kier molecular flexibility index (Phi) is 5.63. The predicted octanol–water partition coefficient (Wildman–Crippen LogP) is 2.45. The van der Waals surface area contributed by atoms with Gasteiger partial charge in [-0.05, 0) is 24.5 Å². The normalized spacial score (nSPS) is 21.3. The van der Waals surface area contributed by atoms with Crippen molar-refractivity contribution in [2.24, 2.45) is 11.0 Å². The standard InChI is InChI=1S/C20H24N4O4S2/c1-13(2)11-23(20-21-15-5-3-4-6-17(15)29-20)19(26)16-7-8-18(25)24(22-16)14-9-10-30(27,28)12-14/h3-6,13-14H,7-12H2,1-2H3/t14-/m1/s1.